The maximum absolute atomic E-state index is 2.59. The van der Waals surface area contributed by atoms with Gasteiger partial charge in [0.05, 0.1) is 0 Å². The summed E-state index contributed by atoms with van der Waals surface area (Å²) in [5.41, 5.74) is 32.0. The molecule has 0 radical (unpaired) electrons. The maximum Gasteiger partial charge on any atom is 0.403 e. The Morgan fingerprint density at radius 3 is 0.561 bits per heavy atom. The van der Waals surface area contributed by atoms with E-state index in [-0.39, 0.29) is 34.8 Å². The first-order chi connectivity index (χ1) is 65.6. The third-order valence-corrected chi connectivity index (χ3v) is 24.6. The molecule has 132 heavy (non-hydrogen) atoms. The lowest BCUT2D eigenvalue weighted by molar-refractivity contribution is 1.29. The van der Waals surface area contributed by atoms with Gasteiger partial charge in [-0.2, -0.15) is 0 Å². The molecule has 0 N–H and O–H groups in total. The molecule has 1 fully saturated rings. The number of benzene rings is 20. The van der Waals surface area contributed by atoms with Gasteiger partial charge in [-0.15, -0.1) is 0 Å². The molecule has 5 nitrogen and oxygen atoms in total. The highest BCUT2D eigenvalue weighted by Crippen LogP contribution is 2.47. The topological polar surface area (TPSA) is 16.2 Å². The Kier molecular flexibility index (Phi) is 27.0. The summed E-state index contributed by atoms with van der Waals surface area (Å²) in [6, 6.07) is 203. The zero-order valence-electron chi connectivity index (χ0n) is 73.5. The van der Waals surface area contributed by atoms with E-state index in [1.165, 1.54) is 128 Å². The van der Waals surface area contributed by atoms with Gasteiger partial charge in [-0.05, 0) is 190 Å². The summed E-state index contributed by atoms with van der Waals surface area (Å²) in [6.07, 6.45) is 2.24. The molecule has 2 heterocycles. The highest BCUT2D eigenvalue weighted by molar-refractivity contribution is 7.15. The first-order valence-electron chi connectivity index (χ1n) is 45.5. The van der Waals surface area contributed by atoms with Crippen molar-refractivity contribution in [2.45, 2.75) is 0 Å². The summed E-state index contributed by atoms with van der Waals surface area (Å²) in [4.78, 5) is 2.36. The van der Waals surface area contributed by atoms with Crippen LogP contribution in [0.5, 0.6) is 0 Å². The summed E-state index contributed by atoms with van der Waals surface area (Å²) in [7, 11) is 0. The molecule has 0 spiro atoms. The molecule has 22 rings (SSSR count). The lowest BCUT2D eigenvalue weighted by Crippen LogP contribution is -2.86. The minimum absolute atomic E-state index is 0.0335. The summed E-state index contributed by atoms with van der Waals surface area (Å²) in [6.45, 7) is -0.144. The average molecular weight is 1690 g/mol. The fourth-order valence-electron chi connectivity index (χ4n) is 18.7. The van der Waals surface area contributed by atoms with Crippen molar-refractivity contribution in [1.82, 2.24) is 0 Å². The quantitative estimate of drug-likeness (QED) is 0.0794. The van der Waals surface area contributed by atoms with Crippen molar-refractivity contribution >= 4 is 90.5 Å². The Hall–Kier alpha value is -16.5. The summed E-state index contributed by atoms with van der Waals surface area (Å²) in [5.74, 6) is 2.30. The first kappa shape index (κ1) is 84.9. The van der Waals surface area contributed by atoms with Gasteiger partial charge < -0.3 is 23.7 Å². The molecule has 20 aromatic carbocycles. The smallest absolute Gasteiger partial charge is 0.403 e. The molecule has 0 unspecified atom stereocenters. The zero-order valence-corrected chi connectivity index (χ0v) is 73.5. The second-order valence-corrected chi connectivity index (χ2v) is 32.8. The van der Waals surface area contributed by atoms with Crippen LogP contribution in [-0.4, -0.2) is 34.8 Å². The predicted molar refractivity (Wildman–Crippen MR) is 569 cm³/mol. The number of nitrogens with zero attached hydrogens (tertiary/aromatic N) is 5. The third kappa shape index (κ3) is 19.2. The Morgan fingerprint density at radius 2 is 0.318 bits per heavy atom. The van der Waals surface area contributed by atoms with Crippen molar-refractivity contribution < 1.29 is 0 Å². The molecule has 0 amide bonds. The van der Waals surface area contributed by atoms with E-state index in [4.69, 9.17) is 0 Å². The lowest BCUT2D eigenvalue weighted by Gasteiger charge is -2.57. The molecule has 0 saturated carbocycles. The molecular formula is C122H96B5N5. The van der Waals surface area contributed by atoms with Crippen LogP contribution in [0.1, 0.15) is 0 Å². The van der Waals surface area contributed by atoms with Crippen molar-refractivity contribution in [3.05, 3.63) is 582 Å². The molecular weight excluding hydrogens is 1590 g/mol. The van der Waals surface area contributed by atoms with Crippen molar-refractivity contribution in [2.24, 2.45) is 0 Å². The summed E-state index contributed by atoms with van der Waals surface area (Å²) >= 11 is 0. The molecule has 0 atom stereocenters. The van der Waals surface area contributed by atoms with Crippen molar-refractivity contribution in [1.29, 1.82) is 0 Å². The van der Waals surface area contributed by atoms with E-state index in [1.54, 1.807) is 0 Å². The Labute approximate surface area is 780 Å². The molecule has 0 bridgehead atoms. The molecule has 2 aliphatic rings. The van der Waals surface area contributed by atoms with Gasteiger partial charge >= 0.3 is 34.8 Å². The largest absolute Gasteiger partial charge is 0.430 e. The van der Waals surface area contributed by atoms with E-state index in [2.05, 4.69) is 606 Å². The second kappa shape index (κ2) is 41.9. The molecule has 2 aliphatic heterocycles. The van der Waals surface area contributed by atoms with E-state index in [0.29, 0.717) is 0 Å². The van der Waals surface area contributed by atoms with Crippen LogP contribution in [0.3, 0.4) is 0 Å². The normalized spacial score (nSPS) is 12.2. The fourth-order valence-corrected chi connectivity index (χ4v) is 18.7. The summed E-state index contributed by atoms with van der Waals surface area (Å²) in [5, 5.41) is 0. The fraction of sp³-hybridized carbons (Fsp3) is 0. The highest BCUT2D eigenvalue weighted by atomic mass is 15.3. The first-order valence-corrected chi connectivity index (χ1v) is 45.5. The van der Waals surface area contributed by atoms with Crippen molar-refractivity contribution in [2.75, 3.05) is 23.7 Å². The van der Waals surface area contributed by atoms with Crippen LogP contribution >= 0.6 is 0 Å². The SMILES string of the molecule is C1=CN(c2ccccc2)B(c2ccccc2)N(c2ccccc2)B1c1ccccc1.c1ccc(-c2cc(-c3ccccc3)c(-c3ccccc3)cc2-c2ccccc2)cc1.c1ccc(-c2ccc(-c3ccccc3)c(-c3ccccc3)c2-c2ccccc2)cc1.c1ccc(B2N(c3ccccc3)B(c3ccccc3)N(c3ccccc3)B(c3ccccc3)N2c2ccccc2)cc1. The van der Waals surface area contributed by atoms with E-state index in [0.717, 1.165) is 17.1 Å². The lowest BCUT2D eigenvalue weighted by atomic mass is 9.37. The number of para-hydroxylation sites is 5. The highest BCUT2D eigenvalue weighted by Gasteiger charge is 2.56. The standard InChI is InChI=1S/C36H30B3N3.2C30H22.C26H22B2N2/c1-7-19-31(20-8-1)37-40(34-25-13-4-14-26-34)38(32-21-9-2-10-22-32)42(36-29-17-6-18-30-36)39(33-23-11-3-12-24-33)41(37)35-27-15-5-16-28-35;1-5-13-23(14-6-1)27-21-29(25-17-9-3-10-18-25)30(26-19-11-4-12-20-26)22-28(27)24-15-7-2-8-16-24;1-5-13-23(14-6-1)27-21-22-28(24-15-7-2-8-16-24)30(26-19-11-4-12-20-26)29(27)25-17-9-3-10-18-25;1-5-13-23(14-6-1)27-21-22-29(25-17-9-3-10-18-25)28(24-15-7-2-8-16-24)30(27)26-19-11-4-12-20-26/h1-30H;3*1-22H. The Bertz CT molecular complexity index is 6140. The van der Waals surface area contributed by atoms with Gasteiger partial charge in [-0.25, -0.2) is 0 Å². The molecule has 0 aliphatic carbocycles. The third-order valence-electron chi connectivity index (χ3n) is 24.6. The van der Waals surface area contributed by atoms with E-state index >= 15 is 0 Å². The van der Waals surface area contributed by atoms with Gasteiger partial charge in [0.25, 0.3) is 0 Å². The number of anilines is 5. The van der Waals surface area contributed by atoms with Gasteiger partial charge in [0.15, 0.2) is 0 Å². The van der Waals surface area contributed by atoms with Gasteiger partial charge in [0.1, 0.15) is 0 Å². The zero-order chi connectivity index (χ0) is 88.7. The molecule has 20 aromatic rings. The van der Waals surface area contributed by atoms with Gasteiger partial charge in [-0.1, -0.05) is 509 Å². The minimum atomic E-state index is -0.105. The van der Waals surface area contributed by atoms with Crippen LogP contribution in [0.15, 0.2) is 582 Å². The maximum atomic E-state index is 2.59. The monoisotopic (exact) mass is 1690 g/mol. The van der Waals surface area contributed by atoms with Crippen LogP contribution < -0.4 is 51.0 Å². The minimum Gasteiger partial charge on any atom is -0.430 e. The molecule has 1 saturated heterocycles. The van der Waals surface area contributed by atoms with Crippen LogP contribution in [0.2, 0.25) is 0 Å². The van der Waals surface area contributed by atoms with Crippen molar-refractivity contribution in [3.63, 3.8) is 0 Å². The van der Waals surface area contributed by atoms with E-state index < -0.39 is 0 Å². The summed E-state index contributed by atoms with van der Waals surface area (Å²) < 4.78 is 10.3. The van der Waals surface area contributed by atoms with Crippen LogP contribution in [0.25, 0.3) is 89.0 Å². The number of rotatable bonds is 18. The van der Waals surface area contributed by atoms with E-state index in [1.807, 2.05) is 0 Å². The second-order valence-electron chi connectivity index (χ2n) is 32.8. The molecule has 624 valence electrons. The van der Waals surface area contributed by atoms with E-state index in [9.17, 15) is 0 Å². The molecule has 0 aromatic heterocycles. The van der Waals surface area contributed by atoms with Gasteiger partial charge in [-0.3, -0.25) is 0 Å². The Balaban J connectivity index is 0.000000115. The van der Waals surface area contributed by atoms with Gasteiger partial charge in [0.2, 0.25) is 0 Å². The van der Waals surface area contributed by atoms with Crippen LogP contribution in [0.4, 0.5) is 28.4 Å². The van der Waals surface area contributed by atoms with Crippen LogP contribution in [-0.2, 0) is 0 Å². The van der Waals surface area contributed by atoms with Crippen molar-refractivity contribution in [3.8, 4) is 89.0 Å². The number of hydrogen-bond donors (Lipinski definition) is 0. The predicted octanol–water partition coefficient (Wildman–Crippen LogP) is 26.8. The van der Waals surface area contributed by atoms with Gasteiger partial charge in [0, 0.05) is 28.4 Å². The number of hydrogen-bond acceptors (Lipinski definition) is 5. The van der Waals surface area contributed by atoms with Crippen LogP contribution in [0, 0.1) is 0 Å². The Morgan fingerprint density at radius 1 is 0.136 bits per heavy atom. The average Bonchev–Trinajstić information content (AvgIpc) is 0.714. The molecule has 10 heteroatoms.